The van der Waals surface area contributed by atoms with Crippen molar-refractivity contribution in [3.63, 3.8) is 0 Å². The molecule has 0 saturated heterocycles. The molecule has 5 heteroatoms. The number of hydrogen-bond donors (Lipinski definition) is 1. The van der Waals surface area contributed by atoms with Crippen LogP contribution in [0.3, 0.4) is 0 Å². The SMILES string of the molecule is COc1cc(C)c(C2(C(=O)N(C)N)CC2)cc1OC. The van der Waals surface area contributed by atoms with Crippen LogP contribution in [0.25, 0.3) is 0 Å². The first-order valence-electron chi connectivity index (χ1n) is 6.22. The second-order valence-corrected chi connectivity index (χ2v) is 5.02. The largest absolute Gasteiger partial charge is 0.493 e. The maximum absolute atomic E-state index is 12.3. The number of likely N-dealkylation sites (N-methyl/N-ethyl adjacent to an activating group) is 1. The molecule has 1 aliphatic carbocycles. The quantitative estimate of drug-likeness (QED) is 0.507. The molecule has 0 aliphatic heterocycles. The van der Waals surface area contributed by atoms with E-state index < -0.39 is 5.41 Å². The first-order valence-corrected chi connectivity index (χ1v) is 6.22. The molecule has 1 aliphatic rings. The molecule has 1 fully saturated rings. The predicted octanol–water partition coefficient (Wildman–Crippen LogP) is 1.38. The molecule has 5 nitrogen and oxygen atoms in total. The van der Waals surface area contributed by atoms with Gasteiger partial charge in [-0.25, -0.2) is 5.84 Å². The van der Waals surface area contributed by atoms with Gasteiger partial charge in [0.1, 0.15) is 0 Å². The summed E-state index contributed by atoms with van der Waals surface area (Å²) in [6, 6.07) is 3.79. The molecule has 0 unspecified atom stereocenters. The van der Waals surface area contributed by atoms with E-state index in [9.17, 15) is 4.79 Å². The lowest BCUT2D eigenvalue weighted by Crippen LogP contribution is -2.41. The molecule has 0 aromatic heterocycles. The summed E-state index contributed by atoms with van der Waals surface area (Å²) in [5.74, 6) is 6.87. The van der Waals surface area contributed by atoms with Crippen molar-refractivity contribution in [3.05, 3.63) is 23.3 Å². The predicted molar refractivity (Wildman–Crippen MR) is 72.2 cm³/mol. The van der Waals surface area contributed by atoms with Crippen molar-refractivity contribution in [3.8, 4) is 11.5 Å². The first kappa shape index (κ1) is 13.7. The Morgan fingerprint density at radius 3 is 2.21 bits per heavy atom. The van der Waals surface area contributed by atoms with Crippen LogP contribution in [0.2, 0.25) is 0 Å². The van der Waals surface area contributed by atoms with Crippen molar-refractivity contribution in [1.82, 2.24) is 5.01 Å². The van der Waals surface area contributed by atoms with Crippen molar-refractivity contribution < 1.29 is 14.3 Å². The summed E-state index contributed by atoms with van der Waals surface area (Å²) in [6.45, 7) is 1.97. The van der Waals surface area contributed by atoms with Gasteiger partial charge in [-0.15, -0.1) is 0 Å². The van der Waals surface area contributed by atoms with E-state index in [2.05, 4.69) is 0 Å². The van der Waals surface area contributed by atoms with Crippen LogP contribution in [0.1, 0.15) is 24.0 Å². The van der Waals surface area contributed by atoms with Gasteiger partial charge in [-0.05, 0) is 43.0 Å². The van der Waals surface area contributed by atoms with Gasteiger partial charge in [-0.2, -0.15) is 0 Å². The molecule has 2 N–H and O–H groups in total. The number of benzene rings is 1. The van der Waals surface area contributed by atoms with Gasteiger partial charge in [0.15, 0.2) is 11.5 Å². The fourth-order valence-electron chi connectivity index (χ4n) is 2.56. The molecular weight excluding hydrogens is 244 g/mol. The molecule has 2 rings (SSSR count). The summed E-state index contributed by atoms with van der Waals surface area (Å²) >= 11 is 0. The molecule has 0 radical (unpaired) electrons. The van der Waals surface area contributed by atoms with Gasteiger partial charge in [0.2, 0.25) is 5.91 Å². The summed E-state index contributed by atoms with van der Waals surface area (Å²) in [4.78, 5) is 12.3. The van der Waals surface area contributed by atoms with Crippen LogP contribution in [-0.4, -0.2) is 32.2 Å². The average Bonchev–Trinajstić information content (AvgIpc) is 3.18. The van der Waals surface area contributed by atoms with Gasteiger partial charge in [0.25, 0.3) is 0 Å². The number of aryl methyl sites for hydroxylation is 1. The summed E-state index contributed by atoms with van der Waals surface area (Å²) < 4.78 is 10.6. The van der Waals surface area contributed by atoms with Gasteiger partial charge < -0.3 is 9.47 Å². The Bertz CT molecular complexity index is 508. The van der Waals surface area contributed by atoms with E-state index in [4.69, 9.17) is 15.3 Å². The van der Waals surface area contributed by atoms with Gasteiger partial charge in [-0.3, -0.25) is 9.80 Å². The van der Waals surface area contributed by atoms with Gasteiger partial charge >= 0.3 is 0 Å². The van der Waals surface area contributed by atoms with E-state index in [1.165, 1.54) is 5.01 Å². The highest BCUT2D eigenvalue weighted by atomic mass is 16.5. The number of rotatable bonds is 4. The lowest BCUT2D eigenvalue weighted by Gasteiger charge is -2.22. The Balaban J connectivity index is 2.49. The van der Waals surface area contributed by atoms with E-state index >= 15 is 0 Å². The molecule has 0 bridgehead atoms. The second kappa shape index (κ2) is 4.74. The molecule has 1 aromatic rings. The van der Waals surface area contributed by atoms with Crippen LogP contribution in [0.15, 0.2) is 12.1 Å². The number of ether oxygens (including phenoxy) is 2. The highest BCUT2D eigenvalue weighted by molar-refractivity contribution is 5.91. The third-order valence-corrected chi connectivity index (χ3v) is 3.73. The highest BCUT2D eigenvalue weighted by Gasteiger charge is 2.53. The normalized spacial score (nSPS) is 15.8. The lowest BCUT2D eigenvalue weighted by molar-refractivity contribution is -0.132. The second-order valence-electron chi connectivity index (χ2n) is 5.02. The minimum atomic E-state index is -0.479. The summed E-state index contributed by atoms with van der Waals surface area (Å²) in [7, 11) is 4.77. The topological polar surface area (TPSA) is 64.8 Å². The smallest absolute Gasteiger partial charge is 0.246 e. The molecule has 0 spiro atoms. The van der Waals surface area contributed by atoms with Crippen molar-refractivity contribution >= 4 is 5.91 Å². The molecule has 1 saturated carbocycles. The van der Waals surface area contributed by atoms with Crippen molar-refractivity contribution in [2.75, 3.05) is 21.3 Å². The van der Waals surface area contributed by atoms with E-state index in [0.29, 0.717) is 11.5 Å². The monoisotopic (exact) mass is 264 g/mol. The lowest BCUT2D eigenvalue weighted by atomic mass is 9.90. The number of hydrazine groups is 1. The maximum Gasteiger partial charge on any atom is 0.246 e. The van der Waals surface area contributed by atoms with E-state index in [-0.39, 0.29) is 5.91 Å². The van der Waals surface area contributed by atoms with Crippen molar-refractivity contribution in [2.45, 2.75) is 25.2 Å². The van der Waals surface area contributed by atoms with Gasteiger partial charge in [-0.1, -0.05) is 0 Å². The molecule has 0 atom stereocenters. The Morgan fingerprint density at radius 1 is 1.26 bits per heavy atom. The van der Waals surface area contributed by atoms with E-state index in [0.717, 1.165) is 24.0 Å². The Labute approximate surface area is 113 Å². The van der Waals surface area contributed by atoms with E-state index in [1.807, 2.05) is 19.1 Å². The van der Waals surface area contributed by atoms with Crippen LogP contribution < -0.4 is 15.3 Å². The minimum absolute atomic E-state index is 0.0529. The van der Waals surface area contributed by atoms with Crippen molar-refractivity contribution in [1.29, 1.82) is 0 Å². The number of carbonyl (C=O) groups excluding carboxylic acids is 1. The van der Waals surface area contributed by atoms with Crippen LogP contribution in [0.4, 0.5) is 0 Å². The number of hydrogen-bond acceptors (Lipinski definition) is 4. The fourth-order valence-corrected chi connectivity index (χ4v) is 2.56. The standard InChI is InChI=1S/C14H20N2O3/c1-9-7-11(18-3)12(19-4)8-10(9)14(5-6-14)13(17)16(2)15/h7-8H,5-6,15H2,1-4H3. The average molecular weight is 264 g/mol. The molecule has 1 amide bonds. The zero-order valence-corrected chi connectivity index (χ0v) is 11.8. The Morgan fingerprint density at radius 2 is 1.79 bits per heavy atom. The Kier molecular flexibility index (Phi) is 3.41. The maximum atomic E-state index is 12.3. The molecule has 104 valence electrons. The number of carbonyl (C=O) groups is 1. The first-order chi connectivity index (χ1) is 8.96. The minimum Gasteiger partial charge on any atom is -0.493 e. The molecule has 1 aromatic carbocycles. The van der Waals surface area contributed by atoms with Crippen LogP contribution in [-0.2, 0) is 10.2 Å². The fraction of sp³-hybridized carbons (Fsp3) is 0.500. The summed E-state index contributed by atoms with van der Waals surface area (Å²) in [5, 5.41) is 1.17. The molecule has 19 heavy (non-hydrogen) atoms. The summed E-state index contributed by atoms with van der Waals surface area (Å²) in [6.07, 6.45) is 1.65. The number of amides is 1. The van der Waals surface area contributed by atoms with E-state index in [1.54, 1.807) is 21.3 Å². The highest BCUT2D eigenvalue weighted by Crippen LogP contribution is 2.52. The summed E-state index contributed by atoms with van der Waals surface area (Å²) in [5.41, 5.74) is 1.52. The van der Waals surface area contributed by atoms with Gasteiger partial charge in [0.05, 0.1) is 19.6 Å². The van der Waals surface area contributed by atoms with Crippen molar-refractivity contribution in [2.24, 2.45) is 5.84 Å². The Hall–Kier alpha value is -1.75. The van der Waals surface area contributed by atoms with Crippen LogP contribution in [0, 0.1) is 6.92 Å². The zero-order chi connectivity index (χ0) is 14.2. The third kappa shape index (κ3) is 2.14. The molecule has 0 heterocycles. The van der Waals surface area contributed by atoms with Crippen LogP contribution >= 0.6 is 0 Å². The zero-order valence-electron chi connectivity index (χ0n) is 11.8. The number of nitrogens with zero attached hydrogens (tertiary/aromatic N) is 1. The number of nitrogens with two attached hydrogens (primary N) is 1. The van der Waals surface area contributed by atoms with Gasteiger partial charge in [0, 0.05) is 7.05 Å². The number of methoxy groups -OCH3 is 2. The van der Waals surface area contributed by atoms with Crippen LogP contribution in [0.5, 0.6) is 11.5 Å². The molecular formula is C14H20N2O3. The third-order valence-electron chi connectivity index (χ3n) is 3.73.